The number of imidazole rings is 1. The summed E-state index contributed by atoms with van der Waals surface area (Å²) in [4.78, 5) is 71.9. The minimum absolute atomic E-state index is 0.0452. The fraction of sp³-hybridized carbons (Fsp3) is 0.333. The second kappa shape index (κ2) is 11.8. The zero-order valence-electron chi connectivity index (χ0n) is 20.5. The van der Waals surface area contributed by atoms with Crippen LogP contribution in [0.4, 0.5) is 5.69 Å². The van der Waals surface area contributed by atoms with E-state index in [1.165, 1.54) is 6.07 Å². The van der Waals surface area contributed by atoms with E-state index in [4.69, 9.17) is 19.3 Å². The van der Waals surface area contributed by atoms with Gasteiger partial charge in [-0.1, -0.05) is 12.1 Å². The Morgan fingerprint density at radius 2 is 1.83 bits per heavy atom. The van der Waals surface area contributed by atoms with E-state index >= 15 is 0 Å². The molecule has 0 spiro atoms. The Balaban J connectivity index is 1.60. The van der Waals surface area contributed by atoms with E-state index in [0.29, 0.717) is 5.69 Å². The van der Waals surface area contributed by atoms with Crippen LogP contribution in [0, 0.1) is 0 Å². The van der Waals surface area contributed by atoms with Crippen molar-refractivity contribution in [2.24, 2.45) is 0 Å². The highest BCUT2D eigenvalue weighted by Crippen LogP contribution is 2.66. The molecule has 3 aromatic rings. The molecule has 3 heterocycles. The normalized spacial score (nSPS) is 24.0. The van der Waals surface area contributed by atoms with Crippen LogP contribution in [0.25, 0.3) is 11.2 Å². The van der Waals surface area contributed by atoms with Gasteiger partial charge in [0.25, 0.3) is 5.56 Å². The number of aliphatic hydroxyl groups excluding tert-OH is 1. The van der Waals surface area contributed by atoms with Gasteiger partial charge in [0.1, 0.15) is 12.2 Å². The Kier molecular flexibility index (Phi) is 8.96. The van der Waals surface area contributed by atoms with Gasteiger partial charge in [-0.05, 0) is 12.1 Å². The summed E-state index contributed by atoms with van der Waals surface area (Å²) in [6.45, 7) is -1.05. The Bertz CT molecular complexity index is 1640. The molecule has 1 saturated heterocycles. The minimum Gasteiger partial charge on any atom is -0.451 e. The number of aromatic nitrogens is 4. The van der Waals surface area contributed by atoms with E-state index in [-0.39, 0.29) is 16.7 Å². The maximum absolute atomic E-state index is 13.1. The van der Waals surface area contributed by atoms with Crippen LogP contribution >= 0.6 is 23.5 Å². The van der Waals surface area contributed by atoms with Crippen LogP contribution in [0.2, 0.25) is 0 Å². The van der Waals surface area contributed by atoms with Gasteiger partial charge in [-0.15, -0.1) is 0 Å². The highest BCUT2D eigenvalue weighted by molar-refractivity contribution is 7.66. The van der Waals surface area contributed by atoms with Gasteiger partial charge >= 0.3 is 29.4 Å². The summed E-state index contributed by atoms with van der Waals surface area (Å²) in [5.74, 6) is -0.920. The summed E-state index contributed by atoms with van der Waals surface area (Å²) in [5, 5.41) is 13.8. The third kappa shape index (κ3) is 7.34. The number of aromatic amines is 1. The molecule has 2 unspecified atom stereocenters. The van der Waals surface area contributed by atoms with Gasteiger partial charge in [0, 0.05) is 12.7 Å². The number of fused-ring (bicyclic) bond motifs is 1. The SMILES string of the molecule is CNc1ccccc1C(=O)O[C@@H]1[C@H](O)[C@@H](COP(=O)(O)OP(=O)(O)OP(=O)(O)O)O[C@H]1n1cnc2c(=O)[nH]cnc21. The molecule has 1 aliphatic heterocycles. The molecule has 1 aromatic carbocycles. The van der Waals surface area contributed by atoms with E-state index in [1.807, 2.05) is 0 Å². The number of para-hydroxylation sites is 1. The smallest absolute Gasteiger partial charge is 0.451 e. The van der Waals surface area contributed by atoms with Crippen LogP contribution in [0.15, 0.2) is 41.7 Å². The quantitative estimate of drug-likeness (QED) is 0.107. The van der Waals surface area contributed by atoms with Crippen LogP contribution < -0.4 is 10.9 Å². The molecule has 20 nitrogen and oxygen atoms in total. The molecule has 224 valence electrons. The Hall–Kier alpha value is -2.83. The standard InChI is InChI=1S/C18H22N5O15P3/c1-19-10-5-3-2-4-9(10)18(26)36-14-13(24)11(6-34-40(30,31)38-41(32,33)37-39(27,28)29)35-17(14)23-8-22-12-15(23)20-7-21-16(12)25/h2-5,7-8,11,13-14,17,19,24H,6H2,1H3,(H,30,31)(H,32,33)(H,20,21,25)(H2,27,28,29)/t11-,13-,14-,17-/m1/s1. The molecule has 0 bridgehead atoms. The summed E-state index contributed by atoms with van der Waals surface area (Å²) >= 11 is 0. The molecule has 0 aliphatic carbocycles. The number of esters is 1. The number of nitrogens with zero attached hydrogens (tertiary/aromatic N) is 3. The van der Waals surface area contributed by atoms with E-state index in [0.717, 1.165) is 17.2 Å². The number of benzene rings is 1. The first-order chi connectivity index (χ1) is 19.1. The number of rotatable bonds is 11. The number of nitrogens with one attached hydrogen (secondary N) is 2. The maximum Gasteiger partial charge on any atom is 0.490 e. The Morgan fingerprint density at radius 3 is 2.51 bits per heavy atom. The van der Waals surface area contributed by atoms with Crippen molar-refractivity contribution in [3.8, 4) is 0 Å². The monoisotopic (exact) mass is 641 g/mol. The lowest BCUT2D eigenvalue weighted by Gasteiger charge is -2.22. The fourth-order valence-electron chi connectivity index (χ4n) is 3.79. The van der Waals surface area contributed by atoms with Crippen molar-refractivity contribution in [3.63, 3.8) is 0 Å². The number of carbonyl (C=O) groups excluding carboxylic acids is 1. The van der Waals surface area contributed by atoms with Crippen LogP contribution in [0.5, 0.6) is 0 Å². The van der Waals surface area contributed by atoms with Gasteiger partial charge < -0.3 is 44.5 Å². The highest BCUT2D eigenvalue weighted by Gasteiger charge is 2.49. The molecule has 0 amide bonds. The average molecular weight is 641 g/mol. The van der Waals surface area contributed by atoms with Gasteiger partial charge in [0.15, 0.2) is 23.5 Å². The van der Waals surface area contributed by atoms with E-state index in [1.54, 1.807) is 25.2 Å². The molecule has 1 aliphatic rings. The fourth-order valence-corrected chi connectivity index (χ4v) is 6.82. The van der Waals surface area contributed by atoms with Gasteiger partial charge in [-0.2, -0.15) is 8.62 Å². The first-order valence-corrected chi connectivity index (χ1v) is 15.6. The number of hydrogen-bond acceptors (Lipinski definition) is 14. The zero-order valence-corrected chi connectivity index (χ0v) is 23.2. The number of aliphatic hydroxyl groups is 1. The lowest BCUT2D eigenvalue weighted by Crippen LogP contribution is -2.37. The minimum atomic E-state index is -5.80. The summed E-state index contributed by atoms with van der Waals surface area (Å²) in [6.07, 6.45) is -4.23. The van der Waals surface area contributed by atoms with Gasteiger partial charge in [-0.3, -0.25) is 13.9 Å². The average Bonchev–Trinajstić information content (AvgIpc) is 3.42. The second-order valence-corrected chi connectivity index (χ2v) is 12.6. The number of ether oxygens (including phenoxy) is 2. The second-order valence-electron chi connectivity index (χ2n) is 8.16. The van der Waals surface area contributed by atoms with Crippen molar-refractivity contribution in [3.05, 3.63) is 52.8 Å². The van der Waals surface area contributed by atoms with Gasteiger partial charge in [0.05, 0.1) is 24.8 Å². The molecule has 0 saturated carbocycles. The van der Waals surface area contributed by atoms with Gasteiger partial charge in [-0.25, -0.2) is 28.5 Å². The molecule has 1 fully saturated rings. The lowest BCUT2D eigenvalue weighted by atomic mass is 10.1. The number of anilines is 1. The molecule has 0 radical (unpaired) electrons. The van der Waals surface area contributed by atoms with E-state index < -0.39 is 66.1 Å². The predicted octanol–water partition coefficient (Wildman–Crippen LogP) is -0.0115. The van der Waals surface area contributed by atoms with Crippen molar-refractivity contribution >= 4 is 46.3 Å². The van der Waals surface area contributed by atoms with Crippen molar-refractivity contribution in [2.45, 2.75) is 24.5 Å². The third-order valence-electron chi connectivity index (χ3n) is 5.43. The molecule has 7 N–H and O–H groups in total. The summed E-state index contributed by atoms with van der Waals surface area (Å²) in [7, 11) is -15.4. The predicted molar refractivity (Wildman–Crippen MR) is 133 cm³/mol. The van der Waals surface area contributed by atoms with Gasteiger partial charge in [0.2, 0.25) is 0 Å². The highest BCUT2D eigenvalue weighted by atomic mass is 31.3. The van der Waals surface area contributed by atoms with E-state index in [2.05, 4.69) is 33.4 Å². The lowest BCUT2D eigenvalue weighted by molar-refractivity contribution is -0.0557. The number of hydrogen-bond donors (Lipinski definition) is 7. The summed E-state index contributed by atoms with van der Waals surface area (Å²) < 4.78 is 58.9. The van der Waals surface area contributed by atoms with Crippen LogP contribution in [-0.4, -0.2) is 82.1 Å². The van der Waals surface area contributed by atoms with Crippen molar-refractivity contribution in [2.75, 3.05) is 19.0 Å². The molecular weight excluding hydrogens is 619 g/mol. The topological polar surface area (TPSA) is 291 Å². The third-order valence-corrected chi connectivity index (χ3v) is 9.23. The molecule has 23 heteroatoms. The molecular formula is C18H22N5O15P3. The first-order valence-electron chi connectivity index (χ1n) is 11.1. The van der Waals surface area contributed by atoms with Crippen molar-refractivity contribution in [1.82, 2.24) is 19.5 Å². The molecule has 2 aromatic heterocycles. The molecule has 41 heavy (non-hydrogen) atoms. The molecule has 6 atom stereocenters. The van der Waals surface area contributed by atoms with Crippen LogP contribution in [-0.2, 0) is 36.3 Å². The largest absolute Gasteiger partial charge is 0.490 e. The summed E-state index contributed by atoms with van der Waals surface area (Å²) in [6, 6.07) is 6.23. The summed E-state index contributed by atoms with van der Waals surface area (Å²) in [5.41, 5.74) is -0.340. The number of H-pyrrole nitrogens is 1. The number of phosphoric acid groups is 3. The van der Waals surface area contributed by atoms with Crippen molar-refractivity contribution < 1.29 is 65.8 Å². The Morgan fingerprint density at radius 1 is 1.12 bits per heavy atom. The van der Waals surface area contributed by atoms with Crippen molar-refractivity contribution in [1.29, 1.82) is 0 Å². The van der Waals surface area contributed by atoms with Crippen LogP contribution in [0.3, 0.4) is 0 Å². The first kappa shape index (κ1) is 31.1. The van der Waals surface area contributed by atoms with Crippen LogP contribution in [0.1, 0.15) is 16.6 Å². The molecule has 4 rings (SSSR count). The zero-order chi connectivity index (χ0) is 30.2. The maximum atomic E-state index is 13.1. The van der Waals surface area contributed by atoms with E-state index in [9.17, 15) is 38.2 Å². The number of carbonyl (C=O) groups is 1. The number of phosphoric ester groups is 1. The Labute approximate surface area is 228 Å².